The number of piperidine rings is 2. The zero-order valence-corrected chi connectivity index (χ0v) is 13.4. The van der Waals surface area contributed by atoms with E-state index in [0.29, 0.717) is 0 Å². The SMILES string of the molecule is CCC1CNCCC1N1CCCCC1Cc1ccccc1. The molecule has 2 heteroatoms. The highest BCUT2D eigenvalue weighted by molar-refractivity contribution is 5.16. The van der Waals surface area contributed by atoms with Crippen molar-refractivity contribution in [3.05, 3.63) is 35.9 Å². The van der Waals surface area contributed by atoms with Crippen LogP contribution < -0.4 is 5.32 Å². The van der Waals surface area contributed by atoms with Crippen LogP contribution in [0.3, 0.4) is 0 Å². The smallest absolute Gasteiger partial charge is 0.0151 e. The molecule has 3 unspecified atom stereocenters. The first-order chi connectivity index (χ1) is 10.4. The standard InChI is InChI=1S/C19H30N2/c1-2-17-15-20-12-11-19(17)21-13-7-6-10-18(21)14-16-8-4-3-5-9-16/h3-5,8-9,17-20H,2,6-7,10-15H2,1H3. The topological polar surface area (TPSA) is 15.3 Å². The summed E-state index contributed by atoms with van der Waals surface area (Å²) in [4.78, 5) is 2.88. The lowest BCUT2D eigenvalue weighted by molar-refractivity contribution is 0.0428. The van der Waals surface area contributed by atoms with Gasteiger partial charge < -0.3 is 5.32 Å². The molecule has 116 valence electrons. The van der Waals surface area contributed by atoms with Crippen LogP contribution in [0.25, 0.3) is 0 Å². The van der Waals surface area contributed by atoms with Crippen molar-refractivity contribution >= 4 is 0 Å². The Kier molecular flexibility index (Phi) is 5.32. The van der Waals surface area contributed by atoms with Crippen LogP contribution in [0.2, 0.25) is 0 Å². The van der Waals surface area contributed by atoms with Crippen LogP contribution in [0.4, 0.5) is 0 Å². The third-order valence-corrected chi connectivity index (χ3v) is 5.50. The molecular formula is C19H30N2. The van der Waals surface area contributed by atoms with Gasteiger partial charge in [-0.3, -0.25) is 4.90 Å². The monoisotopic (exact) mass is 286 g/mol. The largest absolute Gasteiger partial charge is 0.316 e. The summed E-state index contributed by atoms with van der Waals surface area (Å²) in [5, 5.41) is 3.59. The first-order valence-corrected chi connectivity index (χ1v) is 8.89. The predicted octanol–water partition coefficient (Wildman–Crippen LogP) is 3.47. The summed E-state index contributed by atoms with van der Waals surface area (Å²) in [6.07, 6.45) is 8.08. The molecule has 2 heterocycles. The molecule has 1 aromatic carbocycles. The molecule has 0 amide bonds. The fourth-order valence-corrected chi connectivity index (χ4v) is 4.33. The van der Waals surface area contributed by atoms with Crippen molar-refractivity contribution < 1.29 is 0 Å². The molecule has 21 heavy (non-hydrogen) atoms. The van der Waals surface area contributed by atoms with Crippen LogP contribution >= 0.6 is 0 Å². The van der Waals surface area contributed by atoms with E-state index >= 15 is 0 Å². The number of rotatable bonds is 4. The maximum absolute atomic E-state index is 3.59. The van der Waals surface area contributed by atoms with Gasteiger partial charge in [0.1, 0.15) is 0 Å². The lowest BCUT2D eigenvalue weighted by Gasteiger charge is -2.46. The van der Waals surface area contributed by atoms with E-state index in [1.165, 1.54) is 63.7 Å². The first kappa shape index (κ1) is 15.1. The van der Waals surface area contributed by atoms with E-state index in [9.17, 15) is 0 Å². The molecule has 0 saturated carbocycles. The molecule has 2 nitrogen and oxygen atoms in total. The van der Waals surface area contributed by atoms with Gasteiger partial charge in [-0.25, -0.2) is 0 Å². The summed E-state index contributed by atoms with van der Waals surface area (Å²) in [6.45, 7) is 6.10. The van der Waals surface area contributed by atoms with Crippen molar-refractivity contribution in [3.63, 3.8) is 0 Å². The maximum Gasteiger partial charge on any atom is 0.0151 e. The van der Waals surface area contributed by atoms with Crippen LogP contribution in [0.5, 0.6) is 0 Å². The molecule has 0 aromatic heterocycles. The van der Waals surface area contributed by atoms with Crippen molar-refractivity contribution in [1.29, 1.82) is 0 Å². The van der Waals surface area contributed by atoms with Crippen molar-refractivity contribution in [2.45, 2.75) is 57.5 Å². The molecule has 2 fully saturated rings. The molecule has 2 aliphatic heterocycles. The van der Waals surface area contributed by atoms with Gasteiger partial charge in [-0.15, -0.1) is 0 Å². The Hall–Kier alpha value is -0.860. The summed E-state index contributed by atoms with van der Waals surface area (Å²) in [6, 6.07) is 12.7. The summed E-state index contributed by atoms with van der Waals surface area (Å²) < 4.78 is 0. The average molecular weight is 286 g/mol. The highest BCUT2D eigenvalue weighted by atomic mass is 15.2. The fourth-order valence-electron chi connectivity index (χ4n) is 4.33. The quantitative estimate of drug-likeness (QED) is 0.911. The summed E-state index contributed by atoms with van der Waals surface area (Å²) in [5.74, 6) is 0.843. The third kappa shape index (κ3) is 3.67. The van der Waals surface area contributed by atoms with Gasteiger partial charge in [0, 0.05) is 12.1 Å². The summed E-state index contributed by atoms with van der Waals surface area (Å²) in [5.41, 5.74) is 1.51. The van der Waals surface area contributed by atoms with Gasteiger partial charge in [0.05, 0.1) is 0 Å². The minimum Gasteiger partial charge on any atom is -0.316 e. The molecule has 3 atom stereocenters. The number of hydrogen-bond donors (Lipinski definition) is 1. The molecule has 2 aliphatic rings. The van der Waals surface area contributed by atoms with Gasteiger partial charge in [0.15, 0.2) is 0 Å². The zero-order valence-electron chi connectivity index (χ0n) is 13.4. The molecule has 3 rings (SSSR count). The Labute approximate surface area is 129 Å². The van der Waals surface area contributed by atoms with E-state index in [0.717, 1.165) is 18.0 Å². The first-order valence-electron chi connectivity index (χ1n) is 8.89. The molecule has 1 N–H and O–H groups in total. The van der Waals surface area contributed by atoms with E-state index in [4.69, 9.17) is 0 Å². The van der Waals surface area contributed by atoms with Gasteiger partial charge >= 0.3 is 0 Å². The maximum atomic E-state index is 3.59. The lowest BCUT2D eigenvalue weighted by Crippen LogP contribution is -2.55. The highest BCUT2D eigenvalue weighted by Crippen LogP contribution is 2.29. The van der Waals surface area contributed by atoms with E-state index in [2.05, 4.69) is 47.5 Å². The van der Waals surface area contributed by atoms with Crippen LogP contribution in [-0.2, 0) is 6.42 Å². The normalized spacial score (nSPS) is 31.2. The number of hydrogen-bond acceptors (Lipinski definition) is 2. The highest BCUT2D eigenvalue weighted by Gasteiger charge is 2.34. The summed E-state index contributed by atoms with van der Waals surface area (Å²) in [7, 11) is 0. The van der Waals surface area contributed by atoms with Crippen LogP contribution in [0, 0.1) is 5.92 Å². The van der Waals surface area contributed by atoms with Gasteiger partial charge in [0.25, 0.3) is 0 Å². The molecule has 1 aromatic rings. The molecule has 0 aliphatic carbocycles. The van der Waals surface area contributed by atoms with E-state index in [1.807, 2.05) is 0 Å². The Morgan fingerprint density at radius 3 is 2.81 bits per heavy atom. The van der Waals surface area contributed by atoms with Gasteiger partial charge in [-0.05, 0) is 56.8 Å². The Bertz CT molecular complexity index is 417. The molecular weight excluding hydrogens is 256 g/mol. The lowest BCUT2D eigenvalue weighted by atomic mass is 9.85. The van der Waals surface area contributed by atoms with Crippen LogP contribution in [-0.4, -0.2) is 36.6 Å². The molecule has 0 radical (unpaired) electrons. The number of nitrogens with zero attached hydrogens (tertiary/aromatic N) is 1. The van der Waals surface area contributed by atoms with Crippen LogP contribution in [0.15, 0.2) is 30.3 Å². The summed E-state index contributed by atoms with van der Waals surface area (Å²) >= 11 is 0. The number of benzene rings is 1. The Balaban J connectivity index is 1.71. The van der Waals surface area contributed by atoms with Crippen LogP contribution in [0.1, 0.15) is 44.6 Å². The minimum atomic E-state index is 0.762. The van der Waals surface area contributed by atoms with Crippen molar-refractivity contribution in [2.24, 2.45) is 5.92 Å². The number of likely N-dealkylation sites (tertiary alicyclic amines) is 1. The predicted molar refractivity (Wildman–Crippen MR) is 89.5 cm³/mol. The second-order valence-electron chi connectivity index (χ2n) is 6.81. The average Bonchev–Trinajstić information content (AvgIpc) is 2.56. The van der Waals surface area contributed by atoms with Crippen molar-refractivity contribution in [1.82, 2.24) is 10.2 Å². The van der Waals surface area contributed by atoms with E-state index in [-0.39, 0.29) is 0 Å². The molecule has 2 saturated heterocycles. The van der Waals surface area contributed by atoms with Crippen molar-refractivity contribution in [2.75, 3.05) is 19.6 Å². The molecule has 0 spiro atoms. The Morgan fingerprint density at radius 2 is 2.00 bits per heavy atom. The van der Waals surface area contributed by atoms with E-state index in [1.54, 1.807) is 0 Å². The second-order valence-corrected chi connectivity index (χ2v) is 6.81. The zero-order chi connectivity index (χ0) is 14.5. The number of nitrogens with one attached hydrogen (secondary N) is 1. The van der Waals surface area contributed by atoms with Crippen molar-refractivity contribution in [3.8, 4) is 0 Å². The van der Waals surface area contributed by atoms with E-state index < -0.39 is 0 Å². The minimum absolute atomic E-state index is 0.762. The second kappa shape index (κ2) is 7.42. The Morgan fingerprint density at radius 1 is 1.14 bits per heavy atom. The fraction of sp³-hybridized carbons (Fsp3) is 0.684. The molecule has 0 bridgehead atoms. The van der Waals surface area contributed by atoms with Gasteiger partial charge in [-0.2, -0.15) is 0 Å². The van der Waals surface area contributed by atoms with Gasteiger partial charge in [0.2, 0.25) is 0 Å². The third-order valence-electron chi connectivity index (χ3n) is 5.50. The van der Waals surface area contributed by atoms with Gasteiger partial charge in [-0.1, -0.05) is 50.1 Å².